The summed E-state index contributed by atoms with van der Waals surface area (Å²) in [4.78, 5) is 23.6. The molecule has 0 radical (unpaired) electrons. The molecule has 9 heteroatoms. The number of halogens is 2. The number of likely N-dealkylation sites (tertiary alicyclic amines) is 1. The van der Waals surface area contributed by atoms with Crippen molar-refractivity contribution in [3.63, 3.8) is 0 Å². The van der Waals surface area contributed by atoms with Gasteiger partial charge in [0.15, 0.2) is 0 Å². The number of hydrogen-bond donors (Lipinski definition) is 3. The molecule has 2 rings (SSSR count). The van der Waals surface area contributed by atoms with E-state index in [0.717, 1.165) is 4.90 Å². The first-order chi connectivity index (χ1) is 11.3. The Bertz CT molecular complexity index is 599. The monoisotopic (exact) mass is 344 g/mol. The van der Waals surface area contributed by atoms with Gasteiger partial charge < -0.3 is 25.2 Å². The molecular weight excluding hydrogens is 326 g/mol. The molecule has 1 saturated heterocycles. The van der Waals surface area contributed by atoms with Crippen molar-refractivity contribution >= 4 is 12.2 Å². The van der Waals surface area contributed by atoms with Gasteiger partial charge in [-0.1, -0.05) is 30.3 Å². The number of amides is 2. The van der Waals surface area contributed by atoms with Crippen LogP contribution < -0.4 is 5.32 Å². The van der Waals surface area contributed by atoms with Crippen LogP contribution in [0.1, 0.15) is 12.0 Å². The standard InChI is InChI=1S/C15H18F2N2O5/c16-15(17,10-20)14(6-7-19(9-14)13(22)23)18-12(21)24-8-11-4-2-1-3-5-11/h1-5,20H,6-10H2,(H,18,21)(H,22,23). The van der Waals surface area contributed by atoms with E-state index < -0.39 is 36.8 Å². The van der Waals surface area contributed by atoms with Gasteiger partial charge in [0.2, 0.25) is 0 Å². The number of hydrogen-bond acceptors (Lipinski definition) is 4. The Morgan fingerprint density at radius 2 is 2.00 bits per heavy atom. The molecule has 1 heterocycles. The maximum atomic E-state index is 14.1. The van der Waals surface area contributed by atoms with E-state index in [9.17, 15) is 18.4 Å². The molecule has 2 amide bonds. The molecule has 1 atom stereocenters. The molecule has 1 unspecified atom stereocenters. The normalized spacial score (nSPS) is 20.7. The van der Waals surface area contributed by atoms with Gasteiger partial charge in [0.25, 0.3) is 5.92 Å². The Hall–Kier alpha value is -2.42. The van der Waals surface area contributed by atoms with Crippen molar-refractivity contribution in [3.05, 3.63) is 35.9 Å². The quantitative estimate of drug-likeness (QED) is 0.754. The van der Waals surface area contributed by atoms with E-state index in [2.05, 4.69) is 5.32 Å². The van der Waals surface area contributed by atoms with Crippen molar-refractivity contribution in [2.75, 3.05) is 19.7 Å². The molecular formula is C15H18F2N2O5. The smallest absolute Gasteiger partial charge is 0.408 e. The number of nitrogens with one attached hydrogen (secondary N) is 1. The molecule has 1 aromatic rings. The van der Waals surface area contributed by atoms with E-state index in [4.69, 9.17) is 14.9 Å². The first-order valence-electron chi connectivity index (χ1n) is 7.25. The van der Waals surface area contributed by atoms with Crippen molar-refractivity contribution in [3.8, 4) is 0 Å². The Labute approximate surface area is 136 Å². The first-order valence-corrected chi connectivity index (χ1v) is 7.25. The van der Waals surface area contributed by atoms with E-state index in [1.54, 1.807) is 30.3 Å². The fourth-order valence-electron chi connectivity index (χ4n) is 2.57. The zero-order valence-corrected chi connectivity index (χ0v) is 12.7. The average Bonchev–Trinajstić information content (AvgIpc) is 3.00. The van der Waals surface area contributed by atoms with E-state index >= 15 is 0 Å². The molecule has 0 spiro atoms. The fraction of sp³-hybridized carbons (Fsp3) is 0.467. The van der Waals surface area contributed by atoms with Crippen molar-refractivity contribution in [2.24, 2.45) is 0 Å². The van der Waals surface area contributed by atoms with Crippen LogP contribution in [-0.4, -0.2) is 58.5 Å². The molecule has 1 aromatic carbocycles. The van der Waals surface area contributed by atoms with E-state index in [0.29, 0.717) is 5.56 Å². The number of carboxylic acid groups (broad SMARTS) is 1. The van der Waals surface area contributed by atoms with Gasteiger partial charge in [0, 0.05) is 6.54 Å². The van der Waals surface area contributed by atoms with Crippen molar-refractivity contribution in [1.82, 2.24) is 10.2 Å². The number of nitrogens with zero attached hydrogens (tertiary/aromatic N) is 1. The van der Waals surface area contributed by atoms with Crippen LogP contribution in [0.2, 0.25) is 0 Å². The third-order valence-electron chi connectivity index (χ3n) is 3.99. The number of carbonyl (C=O) groups excluding carboxylic acids is 1. The summed E-state index contributed by atoms with van der Waals surface area (Å²) in [7, 11) is 0. The van der Waals surface area contributed by atoms with Gasteiger partial charge in [-0.25, -0.2) is 18.4 Å². The molecule has 24 heavy (non-hydrogen) atoms. The summed E-state index contributed by atoms with van der Waals surface area (Å²) < 4.78 is 33.2. The van der Waals surface area contributed by atoms with Crippen LogP contribution in [-0.2, 0) is 11.3 Å². The summed E-state index contributed by atoms with van der Waals surface area (Å²) >= 11 is 0. The summed E-state index contributed by atoms with van der Waals surface area (Å²) in [6.07, 6.45) is -2.79. The van der Waals surface area contributed by atoms with Crippen LogP contribution in [0, 0.1) is 0 Å². The number of alkyl halides is 2. The highest BCUT2D eigenvalue weighted by atomic mass is 19.3. The van der Waals surface area contributed by atoms with E-state index in [-0.39, 0.29) is 19.6 Å². The maximum absolute atomic E-state index is 14.1. The minimum atomic E-state index is -3.69. The Morgan fingerprint density at radius 1 is 1.33 bits per heavy atom. The molecule has 0 aromatic heterocycles. The molecule has 1 aliphatic rings. The van der Waals surface area contributed by atoms with Crippen LogP contribution in [0.5, 0.6) is 0 Å². The Morgan fingerprint density at radius 3 is 2.54 bits per heavy atom. The lowest BCUT2D eigenvalue weighted by atomic mass is 9.90. The zero-order chi connectivity index (χ0) is 17.8. The number of rotatable bonds is 5. The van der Waals surface area contributed by atoms with Crippen LogP contribution in [0.4, 0.5) is 18.4 Å². The third-order valence-corrected chi connectivity index (χ3v) is 3.99. The van der Waals surface area contributed by atoms with Gasteiger partial charge in [-0.3, -0.25) is 0 Å². The highest BCUT2D eigenvalue weighted by Crippen LogP contribution is 2.36. The Kier molecular flexibility index (Phi) is 5.23. The SMILES string of the molecule is O=C(NC1(C(F)(F)CO)CCN(C(=O)O)C1)OCc1ccccc1. The van der Waals surface area contributed by atoms with Gasteiger partial charge in [0.05, 0.1) is 6.54 Å². The van der Waals surface area contributed by atoms with Gasteiger partial charge in [-0.2, -0.15) is 0 Å². The second kappa shape index (κ2) is 7.00. The first kappa shape index (κ1) is 17.9. The lowest BCUT2D eigenvalue weighted by Gasteiger charge is -2.36. The molecule has 1 aliphatic heterocycles. The summed E-state index contributed by atoms with van der Waals surface area (Å²) in [6, 6.07) is 8.65. The molecule has 132 valence electrons. The molecule has 3 N–H and O–H groups in total. The van der Waals surface area contributed by atoms with Gasteiger partial charge >= 0.3 is 12.2 Å². The van der Waals surface area contributed by atoms with Crippen molar-refractivity contribution in [2.45, 2.75) is 24.5 Å². The predicted molar refractivity (Wildman–Crippen MR) is 78.7 cm³/mol. The van der Waals surface area contributed by atoms with Gasteiger partial charge in [-0.15, -0.1) is 0 Å². The van der Waals surface area contributed by atoms with Crippen LogP contribution in [0.3, 0.4) is 0 Å². The minimum Gasteiger partial charge on any atom is -0.465 e. The molecule has 0 bridgehead atoms. The van der Waals surface area contributed by atoms with Crippen molar-refractivity contribution in [1.29, 1.82) is 0 Å². The van der Waals surface area contributed by atoms with E-state index in [1.807, 2.05) is 0 Å². The highest BCUT2D eigenvalue weighted by Gasteiger charge is 2.58. The predicted octanol–water partition coefficient (Wildman–Crippen LogP) is 1.66. The van der Waals surface area contributed by atoms with Crippen LogP contribution in [0.25, 0.3) is 0 Å². The largest absolute Gasteiger partial charge is 0.465 e. The number of carbonyl (C=O) groups is 2. The second-order valence-corrected chi connectivity index (χ2v) is 5.59. The fourth-order valence-corrected chi connectivity index (χ4v) is 2.57. The van der Waals surface area contributed by atoms with E-state index in [1.165, 1.54) is 0 Å². The second-order valence-electron chi connectivity index (χ2n) is 5.59. The van der Waals surface area contributed by atoms with Crippen LogP contribution in [0.15, 0.2) is 30.3 Å². The summed E-state index contributed by atoms with van der Waals surface area (Å²) in [6.45, 7) is -2.43. The summed E-state index contributed by atoms with van der Waals surface area (Å²) in [5.41, 5.74) is -1.53. The van der Waals surface area contributed by atoms with Gasteiger partial charge in [0.1, 0.15) is 18.8 Å². The lowest BCUT2D eigenvalue weighted by molar-refractivity contribution is -0.117. The zero-order valence-electron chi connectivity index (χ0n) is 12.7. The maximum Gasteiger partial charge on any atom is 0.408 e. The number of benzene rings is 1. The summed E-state index contributed by atoms with van der Waals surface area (Å²) in [5.74, 6) is -3.69. The minimum absolute atomic E-state index is 0.115. The van der Waals surface area contributed by atoms with Gasteiger partial charge in [-0.05, 0) is 12.0 Å². The summed E-state index contributed by atoms with van der Waals surface area (Å²) in [5, 5.41) is 20.0. The van der Waals surface area contributed by atoms with Crippen molar-refractivity contribution < 1.29 is 33.3 Å². The highest BCUT2D eigenvalue weighted by molar-refractivity contribution is 5.70. The van der Waals surface area contributed by atoms with Crippen LogP contribution >= 0.6 is 0 Å². The number of alkyl carbamates (subject to hydrolysis) is 1. The Balaban J connectivity index is 2.06. The third kappa shape index (κ3) is 3.73. The lowest BCUT2D eigenvalue weighted by Crippen LogP contribution is -2.63. The topological polar surface area (TPSA) is 99.1 Å². The molecule has 7 nitrogen and oxygen atoms in total. The molecule has 0 saturated carbocycles. The number of ether oxygens (including phenoxy) is 1. The number of aliphatic hydroxyl groups is 1. The molecule has 1 fully saturated rings. The number of aliphatic hydroxyl groups excluding tert-OH is 1. The molecule has 0 aliphatic carbocycles. The average molecular weight is 344 g/mol.